The Morgan fingerprint density at radius 1 is 0.731 bits per heavy atom. The number of rotatable bonds is 0. The summed E-state index contributed by atoms with van der Waals surface area (Å²) in [6.45, 7) is 0.0322. The van der Waals surface area contributed by atoms with Crippen molar-refractivity contribution in [2.45, 2.75) is 6.61 Å². The molecule has 1 heterocycles. The third kappa shape index (κ3) is 3.10. The summed E-state index contributed by atoms with van der Waals surface area (Å²) in [6, 6.07) is 19.6. The van der Waals surface area contributed by atoms with E-state index in [0.29, 0.717) is 33.6 Å². The van der Waals surface area contributed by atoms with E-state index >= 15 is 0 Å². The zero-order valence-corrected chi connectivity index (χ0v) is 15.7. The fraction of sp³-hybridized carbons (Fsp3) is 0.0476. The van der Waals surface area contributed by atoms with Gasteiger partial charge in [-0.15, -0.1) is 0 Å². The molecule has 0 bridgehead atoms. The van der Waals surface area contributed by atoms with Gasteiger partial charge in [0, 0.05) is 9.13 Å². The third-order valence-corrected chi connectivity index (χ3v) is 4.84. The lowest BCUT2D eigenvalue weighted by atomic mass is 9.95. The maximum atomic E-state index is 12.9. The molecule has 0 unspecified atom stereocenters. The van der Waals surface area contributed by atoms with Crippen LogP contribution >= 0.6 is 22.6 Å². The number of esters is 2. The second kappa shape index (κ2) is 6.92. The van der Waals surface area contributed by atoms with Gasteiger partial charge < -0.3 is 9.47 Å². The van der Waals surface area contributed by atoms with Crippen LogP contribution in [0.15, 0.2) is 66.7 Å². The molecule has 1 aliphatic rings. The topological polar surface area (TPSA) is 52.6 Å². The van der Waals surface area contributed by atoms with Gasteiger partial charge in [-0.05, 0) is 58.0 Å². The summed E-state index contributed by atoms with van der Waals surface area (Å²) in [5.74, 6) is -0.509. The van der Waals surface area contributed by atoms with E-state index in [2.05, 4.69) is 22.6 Å². The molecule has 0 aromatic heterocycles. The normalized spacial score (nSPS) is 13.4. The van der Waals surface area contributed by atoms with Crippen molar-refractivity contribution < 1.29 is 19.1 Å². The number of halogens is 1. The van der Waals surface area contributed by atoms with Gasteiger partial charge in [0.2, 0.25) is 0 Å². The lowest BCUT2D eigenvalue weighted by molar-refractivity contribution is 0.0471. The Bertz CT molecular complexity index is 1030. The number of hydrogen-bond acceptors (Lipinski definition) is 4. The number of hydrogen-bond donors (Lipinski definition) is 0. The number of ether oxygens (including phenoxy) is 2. The van der Waals surface area contributed by atoms with Gasteiger partial charge in [0.15, 0.2) is 0 Å². The molecule has 0 saturated carbocycles. The van der Waals surface area contributed by atoms with Crippen LogP contribution in [-0.2, 0) is 11.3 Å². The zero-order chi connectivity index (χ0) is 18.1. The standard InChI is InChI=1S/C21H13IO4/c22-14-9-10-16-15-6-2-3-7-17(15)20(23)25-12-13-5-1-4-8-19(13)26-21(24)18(16)11-14/h1-11H,12H2. The number of fused-ring (bicyclic) bond motifs is 4. The third-order valence-electron chi connectivity index (χ3n) is 4.17. The van der Waals surface area contributed by atoms with Crippen molar-refractivity contribution in [1.82, 2.24) is 0 Å². The average Bonchev–Trinajstić information content (AvgIpc) is 2.68. The van der Waals surface area contributed by atoms with Gasteiger partial charge in [0.25, 0.3) is 0 Å². The van der Waals surface area contributed by atoms with E-state index in [9.17, 15) is 9.59 Å². The van der Waals surface area contributed by atoms with Gasteiger partial charge in [-0.1, -0.05) is 42.5 Å². The van der Waals surface area contributed by atoms with Crippen molar-refractivity contribution >= 4 is 34.5 Å². The van der Waals surface area contributed by atoms with Crippen LogP contribution in [0.4, 0.5) is 0 Å². The van der Waals surface area contributed by atoms with Crippen LogP contribution < -0.4 is 4.74 Å². The molecule has 0 aliphatic carbocycles. The predicted octanol–water partition coefficient (Wildman–Crippen LogP) is 4.85. The summed E-state index contributed by atoms with van der Waals surface area (Å²) in [5.41, 5.74) is 2.76. The minimum absolute atomic E-state index is 0.0322. The van der Waals surface area contributed by atoms with Crippen molar-refractivity contribution in [3.8, 4) is 16.9 Å². The molecule has 3 aromatic rings. The minimum atomic E-state index is -0.463. The Labute approximate surface area is 163 Å². The molecule has 128 valence electrons. The van der Waals surface area contributed by atoms with Gasteiger partial charge in [-0.25, -0.2) is 9.59 Å². The number of para-hydroxylation sites is 1. The maximum Gasteiger partial charge on any atom is 0.344 e. The quantitative estimate of drug-likeness (QED) is 0.276. The van der Waals surface area contributed by atoms with E-state index in [1.165, 1.54) is 0 Å². The van der Waals surface area contributed by atoms with Crippen molar-refractivity contribution in [2.24, 2.45) is 0 Å². The second-order valence-electron chi connectivity index (χ2n) is 5.81. The largest absolute Gasteiger partial charge is 0.457 e. The van der Waals surface area contributed by atoms with Crippen molar-refractivity contribution in [3.05, 3.63) is 87.0 Å². The number of carbonyl (C=O) groups excluding carboxylic acids is 2. The Hall–Kier alpha value is -2.67. The molecular formula is C21H13IO4. The molecule has 1 aliphatic heterocycles. The molecule has 4 nitrogen and oxygen atoms in total. The SMILES string of the molecule is O=C1OCc2ccccc2OC(=O)c2cc(I)ccc2-c2ccccc21. The van der Waals surface area contributed by atoms with E-state index in [4.69, 9.17) is 9.47 Å². The minimum Gasteiger partial charge on any atom is -0.457 e. The fourth-order valence-electron chi connectivity index (χ4n) is 2.91. The first-order chi connectivity index (χ1) is 12.6. The van der Waals surface area contributed by atoms with Gasteiger partial charge >= 0.3 is 11.9 Å². The molecule has 0 radical (unpaired) electrons. The van der Waals surface area contributed by atoms with E-state index in [0.717, 1.165) is 3.57 Å². The van der Waals surface area contributed by atoms with Crippen LogP contribution in [0.5, 0.6) is 5.75 Å². The first kappa shape index (κ1) is 16.8. The molecule has 0 atom stereocenters. The molecular weight excluding hydrogens is 443 g/mol. The lowest BCUT2D eigenvalue weighted by Crippen LogP contribution is -2.11. The summed E-state index contributed by atoms with van der Waals surface area (Å²) in [7, 11) is 0. The van der Waals surface area contributed by atoms with Gasteiger partial charge in [-0.3, -0.25) is 0 Å². The summed E-state index contributed by atoms with van der Waals surface area (Å²) in [5, 5.41) is 0. The molecule has 0 amide bonds. The molecule has 4 rings (SSSR count). The molecule has 0 spiro atoms. The molecule has 3 aromatic carbocycles. The Kier molecular flexibility index (Phi) is 4.46. The average molecular weight is 456 g/mol. The molecule has 0 N–H and O–H groups in total. The number of benzene rings is 3. The first-order valence-corrected chi connectivity index (χ1v) is 9.07. The highest BCUT2D eigenvalue weighted by Gasteiger charge is 2.23. The highest BCUT2D eigenvalue weighted by Crippen LogP contribution is 2.32. The zero-order valence-electron chi connectivity index (χ0n) is 13.6. The highest BCUT2D eigenvalue weighted by molar-refractivity contribution is 14.1. The van der Waals surface area contributed by atoms with Crippen molar-refractivity contribution in [1.29, 1.82) is 0 Å². The van der Waals surface area contributed by atoms with Crippen LogP contribution in [0.25, 0.3) is 11.1 Å². The second-order valence-corrected chi connectivity index (χ2v) is 7.05. The Balaban J connectivity index is 1.96. The smallest absolute Gasteiger partial charge is 0.344 e. The molecule has 0 fully saturated rings. The van der Waals surface area contributed by atoms with E-state index in [1.807, 2.05) is 24.3 Å². The maximum absolute atomic E-state index is 12.9. The number of carbonyl (C=O) groups is 2. The number of cyclic esters (lactones) is 1. The van der Waals surface area contributed by atoms with Crippen LogP contribution in [0, 0.1) is 3.57 Å². The Morgan fingerprint density at radius 2 is 1.42 bits per heavy atom. The van der Waals surface area contributed by atoms with E-state index in [-0.39, 0.29) is 6.61 Å². The van der Waals surface area contributed by atoms with Crippen LogP contribution in [0.2, 0.25) is 0 Å². The highest BCUT2D eigenvalue weighted by atomic mass is 127. The summed E-state index contributed by atoms with van der Waals surface area (Å²) < 4.78 is 12.0. The van der Waals surface area contributed by atoms with Gasteiger partial charge in [-0.2, -0.15) is 0 Å². The van der Waals surface area contributed by atoms with E-state index in [1.54, 1.807) is 42.5 Å². The molecule has 0 saturated heterocycles. The van der Waals surface area contributed by atoms with Crippen molar-refractivity contribution in [3.63, 3.8) is 0 Å². The summed E-state index contributed by atoms with van der Waals surface area (Å²) >= 11 is 2.15. The van der Waals surface area contributed by atoms with E-state index < -0.39 is 11.9 Å². The predicted molar refractivity (Wildman–Crippen MR) is 105 cm³/mol. The monoisotopic (exact) mass is 456 g/mol. The van der Waals surface area contributed by atoms with Gasteiger partial charge in [0.1, 0.15) is 12.4 Å². The van der Waals surface area contributed by atoms with Crippen LogP contribution in [-0.4, -0.2) is 11.9 Å². The molecule has 5 heteroatoms. The molecule has 26 heavy (non-hydrogen) atoms. The summed E-state index contributed by atoms with van der Waals surface area (Å²) in [4.78, 5) is 25.5. The van der Waals surface area contributed by atoms with Crippen LogP contribution in [0.3, 0.4) is 0 Å². The van der Waals surface area contributed by atoms with Crippen LogP contribution in [0.1, 0.15) is 26.3 Å². The Morgan fingerprint density at radius 3 is 2.27 bits per heavy atom. The lowest BCUT2D eigenvalue weighted by Gasteiger charge is -2.12. The van der Waals surface area contributed by atoms with Crippen molar-refractivity contribution in [2.75, 3.05) is 0 Å². The summed E-state index contributed by atoms with van der Waals surface area (Å²) in [6.07, 6.45) is 0. The fourth-order valence-corrected chi connectivity index (χ4v) is 3.41. The first-order valence-electron chi connectivity index (χ1n) is 7.99. The van der Waals surface area contributed by atoms with Gasteiger partial charge in [0.05, 0.1) is 11.1 Å².